The Hall–Kier alpha value is -3.17. The summed E-state index contributed by atoms with van der Waals surface area (Å²) in [7, 11) is 3.73. The molecule has 0 bridgehead atoms. The molecule has 4 aromatic rings. The van der Waals surface area contributed by atoms with Gasteiger partial charge in [-0.2, -0.15) is 15.0 Å². The molecule has 2 N–H and O–H groups in total. The van der Waals surface area contributed by atoms with Crippen molar-refractivity contribution in [3.05, 3.63) is 64.9 Å². The van der Waals surface area contributed by atoms with Crippen LogP contribution < -0.4 is 10.6 Å². The lowest BCUT2D eigenvalue weighted by atomic mass is 10.1. The van der Waals surface area contributed by atoms with Gasteiger partial charge in [0.15, 0.2) is 11.0 Å². The van der Waals surface area contributed by atoms with E-state index in [1.54, 1.807) is 4.90 Å². The third kappa shape index (κ3) is 4.53. The summed E-state index contributed by atoms with van der Waals surface area (Å²) in [4.78, 5) is 14.9. The third-order valence-electron chi connectivity index (χ3n) is 4.80. The molecule has 2 aromatic heterocycles. The van der Waals surface area contributed by atoms with Crippen molar-refractivity contribution in [3.63, 3.8) is 0 Å². The van der Waals surface area contributed by atoms with Crippen LogP contribution >= 0.6 is 23.4 Å². The Morgan fingerprint density at radius 3 is 2.41 bits per heavy atom. The van der Waals surface area contributed by atoms with Gasteiger partial charge in [-0.25, -0.2) is 0 Å². The lowest BCUT2D eigenvalue weighted by molar-refractivity contribution is 0.842. The van der Waals surface area contributed by atoms with Gasteiger partial charge in [-0.15, -0.1) is 10.2 Å². The van der Waals surface area contributed by atoms with E-state index in [0.29, 0.717) is 16.8 Å². The molecule has 0 fully saturated rings. The molecule has 4 rings (SSSR count). The molecule has 0 aliphatic rings. The maximum atomic E-state index is 6.09. The molecular weight excluding hydrogens is 444 g/mol. The van der Waals surface area contributed by atoms with Crippen LogP contribution in [0, 0.1) is 6.92 Å². The maximum Gasteiger partial charge on any atom is 0.229 e. The van der Waals surface area contributed by atoms with E-state index in [4.69, 9.17) is 17.3 Å². The van der Waals surface area contributed by atoms with Gasteiger partial charge in [0.25, 0.3) is 0 Å². The van der Waals surface area contributed by atoms with Crippen LogP contribution in [0.1, 0.15) is 23.6 Å². The predicted molar refractivity (Wildman–Crippen MR) is 129 cm³/mol. The number of aromatic nitrogens is 6. The molecule has 0 saturated carbocycles. The van der Waals surface area contributed by atoms with E-state index in [0.717, 1.165) is 27.8 Å². The SMILES string of the molecule is Cc1ccccc1-n1c(SC(C)c2nc(N)nc(N(C)C)n2)nnc1-c1ccc(Cl)cc1. The first-order valence-corrected chi connectivity index (χ1v) is 11.2. The summed E-state index contributed by atoms with van der Waals surface area (Å²) < 4.78 is 2.05. The Balaban J connectivity index is 1.78. The summed E-state index contributed by atoms with van der Waals surface area (Å²) in [5.74, 6) is 2.02. The molecule has 2 heterocycles. The predicted octanol–water partition coefficient (Wildman–Crippen LogP) is 4.58. The van der Waals surface area contributed by atoms with Gasteiger partial charge in [0.1, 0.15) is 5.82 Å². The number of aryl methyl sites for hydroxylation is 1. The van der Waals surface area contributed by atoms with E-state index in [9.17, 15) is 0 Å². The van der Waals surface area contributed by atoms with Gasteiger partial charge in [0, 0.05) is 24.7 Å². The molecule has 10 heteroatoms. The van der Waals surface area contributed by atoms with Gasteiger partial charge in [-0.1, -0.05) is 41.6 Å². The summed E-state index contributed by atoms with van der Waals surface area (Å²) in [5, 5.41) is 10.3. The normalized spacial score (nSPS) is 12.0. The lowest BCUT2D eigenvalue weighted by Gasteiger charge is -2.16. The number of benzene rings is 2. The van der Waals surface area contributed by atoms with Gasteiger partial charge in [0.2, 0.25) is 11.9 Å². The number of para-hydroxylation sites is 1. The van der Waals surface area contributed by atoms with Crippen molar-refractivity contribution in [1.82, 2.24) is 29.7 Å². The highest BCUT2D eigenvalue weighted by atomic mass is 35.5. The van der Waals surface area contributed by atoms with Crippen molar-refractivity contribution in [2.24, 2.45) is 0 Å². The highest BCUT2D eigenvalue weighted by Crippen LogP contribution is 2.37. The van der Waals surface area contributed by atoms with E-state index in [1.165, 1.54) is 11.8 Å². The number of nitrogen functional groups attached to an aromatic ring is 1. The Labute approximate surface area is 195 Å². The molecule has 0 spiro atoms. The molecule has 1 unspecified atom stereocenters. The zero-order valence-electron chi connectivity index (χ0n) is 18.2. The van der Waals surface area contributed by atoms with Gasteiger partial charge >= 0.3 is 0 Å². The minimum atomic E-state index is -0.135. The van der Waals surface area contributed by atoms with Crippen LogP contribution in [0.5, 0.6) is 0 Å². The first kappa shape index (κ1) is 22.0. The minimum absolute atomic E-state index is 0.135. The first-order valence-electron chi connectivity index (χ1n) is 9.96. The Morgan fingerprint density at radius 2 is 1.72 bits per heavy atom. The maximum absolute atomic E-state index is 6.09. The monoisotopic (exact) mass is 466 g/mol. The summed E-state index contributed by atoms with van der Waals surface area (Å²) in [5.41, 5.74) is 8.95. The number of nitrogens with zero attached hydrogens (tertiary/aromatic N) is 7. The topological polar surface area (TPSA) is 98.6 Å². The number of rotatable bonds is 6. The summed E-state index contributed by atoms with van der Waals surface area (Å²) >= 11 is 7.60. The Morgan fingerprint density at radius 1 is 1.00 bits per heavy atom. The third-order valence-corrected chi connectivity index (χ3v) is 6.09. The smallest absolute Gasteiger partial charge is 0.229 e. The lowest BCUT2D eigenvalue weighted by Crippen LogP contribution is -2.16. The van der Waals surface area contributed by atoms with Crippen molar-refractivity contribution in [2.45, 2.75) is 24.3 Å². The van der Waals surface area contributed by atoms with Crippen LogP contribution in [0.4, 0.5) is 11.9 Å². The van der Waals surface area contributed by atoms with E-state index in [1.807, 2.05) is 57.4 Å². The van der Waals surface area contributed by atoms with Crippen LogP contribution in [-0.2, 0) is 0 Å². The van der Waals surface area contributed by atoms with Crippen LogP contribution in [0.15, 0.2) is 53.7 Å². The zero-order valence-corrected chi connectivity index (χ0v) is 19.8. The van der Waals surface area contributed by atoms with Crippen LogP contribution in [0.25, 0.3) is 17.1 Å². The van der Waals surface area contributed by atoms with E-state index >= 15 is 0 Å². The summed E-state index contributed by atoms with van der Waals surface area (Å²) in [6.07, 6.45) is 0. The Kier molecular flexibility index (Phi) is 6.29. The van der Waals surface area contributed by atoms with Crippen molar-refractivity contribution in [1.29, 1.82) is 0 Å². The molecule has 0 amide bonds. The fourth-order valence-corrected chi connectivity index (χ4v) is 4.18. The fourth-order valence-electron chi connectivity index (χ4n) is 3.15. The number of halogens is 1. The van der Waals surface area contributed by atoms with Crippen molar-refractivity contribution in [3.8, 4) is 17.1 Å². The molecule has 0 aliphatic carbocycles. The molecule has 0 saturated heterocycles. The van der Waals surface area contributed by atoms with Crippen LogP contribution in [-0.4, -0.2) is 43.8 Å². The Bertz CT molecular complexity index is 1240. The van der Waals surface area contributed by atoms with E-state index in [2.05, 4.69) is 48.8 Å². The average Bonchev–Trinajstić information content (AvgIpc) is 3.17. The number of anilines is 2. The molecule has 164 valence electrons. The number of hydrogen-bond acceptors (Lipinski definition) is 8. The fraction of sp³-hybridized carbons (Fsp3) is 0.227. The van der Waals surface area contributed by atoms with E-state index < -0.39 is 0 Å². The van der Waals surface area contributed by atoms with Crippen molar-refractivity contribution in [2.75, 3.05) is 24.7 Å². The van der Waals surface area contributed by atoms with Crippen molar-refractivity contribution >= 4 is 35.3 Å². The second kappa shape index (κ2) is 9.13. The number of nitrogens with two attached hydrogens (primary N) is 1. The van der Waals surface area contributed by atoms with Crippen LogP contribution in [0.3, 0.4) is 0 Å². The summed E-state index contributed by atoms with van der Waals surface area (Å²) in [6, 6.07) is 15.7. The van der Waals surface area contributed by atoms with Gasteiger partial charge < -0.3 is 10.6 Å². The average molecular weight is 467 g/mol. The number of thioether (sulfide) groups is 1. The molecule has 0 aliphatic heterocycles. The minimum Gasteiger partial charge on any atom is -0.368 e. The molecule has 2 aromatic carbocycles. The molecule has 1 atom stereocenters. The quantitative estimate of drug-likeness (QED) is 0.412. The highest BCUT2D eigenvalue weighted by Gasteiger charge is 2.22. The standard InChI is InChI=1S/C22H23ClN8S/c1-13-7-5-6-8-17(13)31-19(15-9-11-16(23)12-10-15)28-29-22(31)32-14(2)18-25-20(24)27-21(26-18)30(3)4/h5-12,14H,1-4H3,(H2,24,25,26,27). The second-order valence-corrected chi connectivity index (χ2v) is 9.19. The molecule has 32 heavy (non-hydrogen) atoms. The van der Waals surface area contributed by atoms with Gasteiger partial charge in [-0.05, 0) is 49.7 Å². The first-order chi connectivity index (χ1) is 15.3. The zero-order chi connectivity index (χ0) is 22.8. The van der Waals surface area contributed by atoms with Crippen LogP contribution in [0.2, 0.25) is 5.02 Å². The van der Waals surface area contributed by atoms with Gasteiger partial charge in [-0.3, -0.25) is 4.57 Å². The number of hydrogen-bond donors (Lipinski definition) is 1. The molecule has 8 nitrogen and oxygen atoms in total. The largest absolute Gasteiger partial charge is 0.368 e. The van der Waals surface area contributed by atoms with E-state index in [-0.39, 0.29) is 11.2 Å². The molecule has 0 radical (unpaired) electrons. The van der Waals surface area contributed by atoms with Gasteiger partial charge in [0.05, 0.1) is 10.9 Å². The van der Waals surface area contributed by atoms with Crippen molar-refractivity contribution < 1.29 is 0 Å². The highest BCUT2D eigenvalue weighted by molar-refractivity contribution is 7.99. The molecular formula is C22H23ClN8S. The second-order valence-electron chi connectivity index (χ2n) is 7.44. The summed E-state index contributed by atoms with van der Waals surface area (Å²) in [6.45, 7) is 4.08.